The average molecular weight is 497 g/mol. The number of halogens is 1. The molecule has 0 spiro atoms. The van der Waals surface area contributed by atoms with Crippen LogP contribution in [0, 0.1) is 0 Å². The van der Waals surface area contributed by atoms with E-state index in [2.05, 4.69) is 4.99 Å². The Hall–Kier alpha value is -3.16. The third-order valence-corrected chi connectivity index (χ3v) is 6.57. The molecule has 1 aliphatic rings. The first-order chi connectivity index (χ1) is 16.3. The van der Waals surface area contributed by atoms with Crippen LogP contribution in [0.3, 0.4) is 0 Å². The fourth-order valence-electron chi connectivity index (χ4n) is 3.88. The van der Waals surface area contributed by atoms with Crippen molar-refractivity contribution in [2.45, 2.75) is 39.8 Å². The smallest absolute Gasteiger partial charge is 0.338 e. The molecule has 1 aliphatic heterocycles. The average Bonchev–Trinajstić information content (AvgIpc) is 3.07. The maximum atomic E-state index is 13.6. The highest BCUT2D eigenvalue weighted by molar-refractivity contribution is 7.07. The van der Waals surface area contributed by atoms with Gasteiger partial charge in [-0.3, -0.25) is 9.36 Å². The van der Waals surface area contributed by atoms with E-state index in [0.29, 0.717) is 31.2 Å². The molecule has 3 aromatic rings. The van der Waals surface area contributed by atoms with Gasteiger partial charge in [0, 0.05) is 5.02 Å². The van der Waals surface area contributed by atoms with Crippen LogP contribution in [-0.2, 0) is 9.53 Å². The second-order valence-corrected chi connectivity index (χ2v) is 9.48. The lowest BCUT2D eigenvalue weighted by Gasteiger charge is -2.25. The zero-order chi connectivity index (χ0) is 24.4. The van der Waals surface area contributed by atoms with Crippen molar-refractivity contribution in [1.29, 1.82) is 0 Å². The van der Waals surface area contributed by atoms with E-state index in [4.69, 9.17) is 21.1 Å². The van der Waals surface area contributed by atoms with Crippen LogP contribution in [-0.4, -0.2) is 23.2 Å². The Kier molecular flexibility index (Phi) is 7.05. The van der Waals surface area contributed by atoms with Crippen molar-refractivity contribution >= 4 is 35.0 Å². The second kappa shape index (κ2) is 9.99. The number of ether oxygens (including phenoxy) is 2. The van der Waals surface area contributed by atoms with Crippen molar-refractivity contribution in [3.8, 4) is 5.75 Å². The maximum Gasteiger partial charge on any atom is 0.338 e. The number of esters is 1. The van der Waals surface area contributed by atoms with E-state index in [1.165, 1.54) is 15.9 Å². The molecule has 0 aliphatic carbocycles. The lowest BCUT2D eigenvalue weighted by molar-refractivity contribution is -0.139. The number of fused-ring (bicyclic) bond motifs is 1. The first-order valence-corrected chi connectivity index (χ1v) is 12.2. The van der Waals surface area contributed by atoms with Gasteiger partial charge in [-0.1, -0.05) is 53.3 Å². The summed E-state index contributed by atoms with van der Waals surface area (Å²) in [6, 6.07) is 14.0. The van der Waals surface area contributed by atoms with Crippen molar-refractivity contribution < 1.29 is 14.3 Å². The van der Waals surface area contributed by atoms with E-state index in [1.54, 1.807) is 19.9 Å². The molecule has 0 bridgehead atoms. The quantitative estimate of drug-likeness (QED) is 0.479. The monoisotopic (exact) mass is 496 g/mol. The summed E-state index contributed by atoms with van der Waals surface area (Å²) in [4.78, 5) is 31.7. The Bertz CT molecular complexity index is 1450. The summed E-state index contributed by atoms with van der Waals surface area (Å²) in [5.74, 6) is 0.215. The summed E-state index contributed by atoms with van der Waals surface area (Å²) in [5.41, 5.74) is 2.03. The molecule has 0 radical (unpaired) electrons. The highest BCUT2D eigenvalue weighted by Gasteiger charge is 2.34. The number of thiazole rings is 1. The molecule has 8 heteroatoms. The van der Waals surface area contributed by atoms with Gasteiger partial charge in [-0.25, -0.2) is 9.79 Å². The third-order valence-electron chi connectivity index (χ3n) is 5.24. The van der Waals surface area contributed by atoms with Crippen LogP contribution in [0.2, 0.25) is 5.02 Å². The topological polar surface area (TPSA) is 69.9 Å². The summed E-state index contributed by atoms with van der Waals surface area (Å²) in [6.45, 7) is 7.63. The van der Waals surface area contributed by atoms with Crippen molar-refractivity contribution in [3.05, 3.63) is 95.6 Å². The molecule has 34 heavy (non-hydrogen) atoms. The number of hydrogen-bond acceptors (Lipinski definition) is 6. The van der Waals surface area contributed by atoms with Gasteiger partial charge in [0.15, 0.2) is 4.80 Å². The SMILES string of the molecule is CCOC(=O)C1=C(C)N=c2s/c(=C\c3cccc(OC(C)C)c3)c(=O)n2[C@@H]1c1ccccc1Cl. The molecule has 0 fully saturated rings. The molecule has 1 atom stereocenters. The van der Waals surface area contributed by atoms with Gasteiger partial charge in [0.25, 0.3) is 5.56 Å². The summed E-state index contributed by atoms with van der Waals surface area (Å²) in [7, 11) is 0. The van der Waals surface area contributed by atoms with Crippen LogP contribution in [0.25, 0.3) is 6.08 Å². The molecular formula is C26H25ClN2O4S. The van der Waals surface area contributed by atoms with Crippen molar-refractivity contribution in [2.24, 2.45) is 4.99 Å². The van der Waals surface area contributed by atoms with E-state index >= 15 is 0 Å². The molecule has 176 valence electrons. The molecule has 0 unspecified atom stereocenters. The van der Waals surface area contributed by atoms with E-state index in [9.17, 15) is 9.59 Å². The lowest BCUT2D eigenvalue weighted by Crippen LogP contribution is -2.40. The van der Waals surface area contributed by atoms with E-state index in [-0.39, 0.29) is 18.3 Å². The number of carbonyl (C=O) groups excluding carboxylic acids is 1. The lowest BCUT2D eigenvalue weighted by atomic mass is 9.96. The number of benzene rings is 2. The van der Waals surface area contributed by atoms with Gasteiger partial charge in [-0.2, -0.15) is 0 Å². The fraction of sp³-hybridized carbons (Fsp3) is 0.269. The van der Waals surface area contributed by atoms with E-state index in [1.807, 2.05) is 62.4 Å². The molecule has 0 amide bonds. The summed E-state index contributed by atoms with van der Waals surface area (Å²) in [5, 5.41) is 0.456. The molecule has 0 saturated carbocycles. The molecular weight excluding hydrogens is 472 g/mol. The zero-order valence-electron chi connectivity index (χ0n) is 19.4. The van der Waals surface area contributed by atoms with Crippen LogP contribution in [0.4, 0.5) is 0 Å². The van der Waals surface area contributed by atoms with E-state index < -0.39 is 12.0 Å². The Morgan fingerprint density at radius 1 is 1.24 bits per heavy atom. The van der Waals surface area contributed by atoms with Gasteiger partial charge in [-0.05, 0) is 63.1 Å². The minimum Gasteiger partial charge on any atom is -0.491 e. The van der Waals surface area contributed by atoms with Crippen LogP contribution in [0.5, 0.6) is 5.75 Å². The Balaban J connectivity index is 1.91. The van der Waals surface area contributed by atoms with Crippen molar-refractivity contribution in [3.63, 3.8) is 0 Å². The molecule has 4 rings (SSSR count). The van der Waals surface area contributed by atoms with Gasteiger partial charge in [0.2, 0.25) is 0 Å². The van der Waals surface area contributed by atoms with Crippen LogP contribution in [0.15, 0.2) is 69.6 Å². The Morgan fingerprint density at radius 2 is 2.00 bits per heavy atom. The van der Waals surface area contributed by atoms with Gasteiger partial charge in [0.1, 0.15) is 11.8 Å². The minimum atomic E-state index is -0.734. The molecule has 6 nitrogen and oxygen atoms in total. The number of allylic oxidation sites excluding steroid dienone is 1. The standard InChI is InChI=1S/C26H25ClN2O4S/c1-5-32-25(31)22-16(4)28-26-29(23(22)19-11-6-7-12-20(19)27)24(30)21(34-26)14-17-9-8-10-18(13-17)33-15(2)3/h6-15,23H,5H2,1-4H3/b21-14-/t23-/m1/s1. The second-order valence-electron chi connectivity index (χ2n) is 8.06. The van der Waals surface area contributed by atoms with Crippen molar-refractivity contribution in [1.82, 2.24) is 4.57 Å². The van der Waals surface area contributed by atoms with Crippen molar-refractivity contribution in [2.75, 3.05) is 6.61 Å². The van der Waals surface area contributed by atoms with Gasteiger partial charge < -0.3 is 9.47 Å². The third kappa shape index (κ3) is 4.72. The predicted octanol–water partition coefficient (Wildman–Crippen LogP) is 4.24. The first-order valence-electron chi connectivity index (χ1n) is 11.0. The number of aromatic nitrogens is 1. The first kappa shape index (κ1) is 24.0. The maximum absolute atomic E-state index is 13.6. The van der Waals surface area contributed by atoms with Crippen LogP contribution >= 0.6 is 22.9 Å². The molecule has 1 aromatic heterocycles. The van der Waals surface area contributed by atoms with Crippen LogP contribution < -0.4 is 19.6 Å². The number of carbonyl (C=O) groups is 1. The van der Waals surface area contributed by atoms with Gasteiger partial charge in [0.05, 0.1) is 28.5 Å². The number of rotatable bonds is 6. The summed E-state index contributed by atoms with van der Waals surface area (Å²) < 4.78 is 13.1. The zero-order valence-corrected chi connectivity index (χ0v) is 20.9. The summed E-state index contributed by atoms with van der Waals surface area (Å²) >= 11 is 7.80. The molecule has 2 heterocycles. The molecule has 0 saturated heterocycles. The minimum absolute atomic E-state index is 0.0421. The van der Waals surface area contributed by atoms with Gasteiger partial charge in [-0.15, -0.1) is 0 Å². The Morgan fingerprint density at radius 3 is 2.71 bits per heavy atom. The highest BCUT2D eigenvalue weighted by atomic mass is 35.5. The van der Waals surface area contributed by atoms with Gasteiger partial charge >= 0.3 is 5.97 Å². The van der Waals surface area contributed by atoms with E-state index in [0.717, 1.165) is 11.3 Å². The number of nitrogens with zero attached hydrogens (tertiary/aromatic N) is 2. The largest absolute Gasteiger partial charge is 0.491 e. The number of hydrogen-bond donors (Lipinski definition) is 0. The molecule has 2 aromatic carbocycles. The Labute approximate surface area is 206 Å². The normalized spacial score (nSPS) is 15.8. The predicted molar refractivity (Wildman–Crippen MR) is 134 cm³/mol. The highest BCUT2D eigenvalue weighted by Crippen LogP contribution is 2.34. The van der Waals surface area contributed by atoms with Crippen LogP contribution in [0.1, 0.15) is 44.9 Å². The fourth-order valence-corrected chi connectivity index (χ4v) is 5.17. The summed E-state index contributed by atoms with van der Waals surface area (Å²) in [6.07, 6.45) is 1.85. The molecule has 0 N–H and O–H groups in total.